The number of Topliss-reactive ketones (excluding diaryl/α,β-unsaturated/α-hetero) is 1. The molecule has 0 fully saturated rings. The molecule has 0 radical (unpaired) electrons. The average molecular weight is 347 g/mol. The molecule has 0 aliphatic rings. The largest absolute Gasteiger partial charge is 0.323 e. The summed E-state index contributed by atoms with van der Waals surface area (Å²) in [7, 11) is 0. The van der Waals surface area contributed by atoms with Crippen molar-refractivity contribution in [1.82, 2.24) is 0 Å². The smallest absolute Gasteiger partial charge is 0.249 e. The third-order valence-electron chi connectivity index (χ3n) is 3.14. The van der Waals surface area contributed by atoms with Crippen LogP contribution >= 0.6 is 23.2 Å². The third-order valence-corrected chi connectivity index (χ3v) is 3.72. The lowest BCUT2D eigenvalue weighted by Gasteiger charge is -2.10. The number of halogens is 2. The zero-order valence-corrected chi connectivity index (χ0v) is 13.4. The van der Waals surface area contributed by atoms with Crippen LogP contribution in [0.25, 0.3) is 0 Å². The van der Waals surface area contributed by atoms with Gasteiger partial charge in [-0.25, -0.2) is 0 Å². The maximum absolute atomic E-state index is 12.2. The van der Waals surface area contributed by atoms with Crippen LogP contribution in [0.15, 0.2) is 48.5 Å². The second-order valence-corrected chi connectivity index (χ2v) is 5.64. The Kier molecular flexibility index (Phi) is 5.75. The number of hydrogen-bond acceptors (Lipinski definition) is 3. The summed E-state index contributed by atoms with van der Waals surface area (Å²) in [6.07, 6.45) is -0.0225. The Bertz CT molecular complexity index is 767. The first kappa shape index (κ1) is 17.0. The van der Waals surface area contributed by atoms with Crippen LogP contribution in [0.3, 0.4) is 0 Å². The Labute approximate surface area is 143 Å². The van der Waals surface area contributed by atoms with Crippen LogP contribution in [0.2, 0.25) is 10.0 Å². The molecule has 0 aromatic heterocycles. The molecule has 2 rings (SSSR count). The molecule has 0 heterocycles. The third kappa shape index (κ3) is 4.56. The van der Waals surface area contributed by atoms with E-state index < -0.39 is 17.6 Å². The second-order valence-electron chi connectivity index (χ2n) is 4.80. The predicted octanol–water partition coefficient (Wildman–Crippen LogP) is 3.88. The summed E-state index contributed by atoms with van der Waals surface area (Å²) in [4.78, 5) is 24.3. The van der Waals surface area contributed by atoms with Crippen molar-refractivity contribution in [2.45, 2.75) is 6.42 Å². The van der Waals surface area contributed by atoms with Crippen LogP contribution in [0.4, 0.5) is 5.69 Å². The molecule has 6 heteroatoms. The molecule has 1 atom stereocenters. The number of carbonyl (C=O) groups is 2. The van der Waals surface area contributed by atoms with Crippen LogP contribution in [-0.4, -0.2) is 11.7 Å². The van der Waals surface area contributed by atoms with Crippen LogP contribution in [0.1, 0.15) is 5.56 Å². The summed E-state index contributed by atoms with van der Waals surface area (Å²) in [5, 5.41) is 12.5. The quantitative estimate of drug-likeness (QED) is 0.835. The summed E-state index contributed by atoms with van der Waals surface area (Å²) < 4.78 is 0. The molecule has 0 saturated heterocycles. The van der Waals surface area contributed by atoms with Crippen LogP contribution in [-0.2, 0) is 16.0 Å². The molecule has 23 heavy (non-hydrogen) atoms. The highest BCUT2D eigenvalue weighted by atomic mass is 35.5. The Hall–Kier alpha value is -2.35. The van der Waals surface area contributed by atoms with Gasteiger partial charge in [0.25, 0.3) is 0 Å². The van der Waals surface area contributed by atoms with E-state index in [2.05, 4.69) is 5.32 Å². The fraction of sp³-hybridized carbons (Fsp3) is 0.118. The number of amides is 1. The van der Waals surface area contributed by atoms with Gasteiger partial charge in [-0.2, -0.15) is 5.26 Å². The lowest BCUT2D eigenvalue weighted by atomic mass is 9.98. The Balaban J connectivity index is 2.08. The van der Waals surface area contributed by atoms with Gasteiger partial charge in [0, 0.05) is 11.4 Å². The SMILES string of the molecule is N#CC(C(=O)Cc1ccc(Cl)cc1)C(=O)Nc1ccccc1Cl. The number of nitrogens with zero attached hydrogens (tertiary/aromatic N) is 1. The molecule has 0 spiro atoms. The number of ketones is 1. The number of rotatable bonds is 5. The maximum atomic E-state index is 12.2. The minimum Gasteiger partial charge on any atom is -0.323 e. The Morgan fingerprint density at radius 3 is 2.35 bits per heavy atom. The lowest BCUT2D eigenvalue weighted by Crippen LogP contribution is -2.29. The average Bonchev–Trinajstić information content (AvgIpc) is 2.52. The van der Waals surface area contributed by atoms with E-state index in [1.165, 1.54) is 0 Å². The highest BCUT2D eigenvalue weighted by molar-refractivity contribution is 6.33. The molecule has 0 saturated carbocycles. The van der Waals surface area contributed by atoms with Gasteiger partial charge in [-0.05, 0) is 29.8 Å². The van der Waals surface area contributed by atoms with E-state index in [0.717, 1.165) is 0 Å². The first-order valence-corrected chi connectivity index (χ1v) is 7.49. The zero-order chi connectivity index (χ0) is 16.8. The van der Waals surface area contributed by atoms with Gasteiger partial charge in [-0.3, -0.25) is 9.59 Å². The summed E-state index contributed by atoms with van der Waals surface area (Å²) in [6, 6.07) is 15.0. The monoisotopic (exact) mass is 346 g/mol. The topological polar surface area (TPSA) is 70.0 Å². The van der Waals surface area contributed by atoms with E-state index in [1.54, 1.807) is 54.6 Å². The van der Waals surface area contributed by atoms with Crippen molar-refractivity contribution in [2.24, 2.45) is 5.92 Å². The summed E-state index contributed by atoms with van der Waals surface area (Å²) in [5.41, 5.74) is 1.05. The van der Waals surface area contributed by atoms with Crippen molar-refractivity contribution < 1.29 is 9.59 Å². The van der Waals surface area contributed by atoms with Crippen molar-refractivity contribution in [1.29, 1.82) is 5.26 Å². The van der Waals surface area contributed by atoms with Crippen LogP contribution in [0, 0.1) is 17.2 Å². The zero-order valence-electron chi connectivity index (χ0n) is 11.9. The first-order valence-electron chi connectivity index (χ1n) is 6.73. The molecule has 2 aromatic carbocycles. The van der Waals surface area contributed by atoms with E-state index in [9.17, 15) is 9.59 Å². The fourth-order valence-corrected chi connectivity index (χ4v) is 2.26. The fourth-order valence-electron chi connectivity index (χ4n) is 1.95. The van der Waals surface area contributed by atoms with Gasteiger partial charge < -0.3 is 5.32 Å². The van der Waals surface area contributed by atoms with Gasteiger partial charge >= 0.3 is 0 Å². The molecule has 0 aliphatic heterocycles. The minimum absolute atomic E-state index is 0.0225. The Morgan fingerprint density at radius 1 is 1.09 bits per heavy atom. The molecule has 2 aromatic rings. The number of benzene rings is 2. The van der Waals surface area contributed by atoms with Crippen molar-refractivity contribution in [3.63, 3.8) is 0 Å². The maximum Gasteiger partial charge on any atom is 0.249 e. The number of para-hydroxylation sites is 1. The normalized spacial score (nSPS) is 11.3. The van der Waals surface area contributed by atoms with E-state index in [1.807, 2.05) is 0 Å². The van der Waals surface area contributed by atoms with Crippen molar-refractivity contribution in [3.8, 4) is 6.07 Å². The number of anilines is 1. The second kappa shape index (κ2) is 7.77. The molecule has 0 bridgehead atoms. The minimum atomic E-state index is -1.40. The van der Waals surface area contributed by atoms with Gasteiger partial charge in [0.05, 0.1) is 16.8 Å². The molecular formula is C17H12Cl2N2O2. The summed E-state index contributed by atoms with van der Waals surface area (Å²) in [5.74, 6) is -2.58. The van der Waals surface area contributed by atoms with Crippen molar-refractivity contribution >= 4 is 40.6 Å². The van der Waals surface area contributed by atoms with Gasteiger partial charge in [-0.1, -0.05) is 47.5 Å². The van der Waals surface area contributed by atoms with Gasteiger partial charge in [0.1, 0.15) is 0 Å². The molecule has 4 nitrogen and oxygen atoms in total. The first-order chi connectivity index (χ1) is 11.0. The van der Waals surface area contributed by atoms with Crippen molar-refractivity contribution in [3.05, 3.63) is 64.1 Å². The van der Waals surface area contributed by atoms with Crippen LogP contribution in [0.5, 0.6) is 0 Å². The standard InChI is InChI=1S/C17H12Cl2N2O2/c18-12-7-5-11(6-8-12)9-16(22)13(10-20)17(23)21-15-4-2-1-3-14(15)19/h1-8,13H,9H2,(H,21,23). The van der Waals surface area contributed by atoms with Crippen LogP contribution < -0.4 is 5.32 Å². The van der Waals surface area contributed by atoms with Gasteiger partial charge in [-0.15, -0.1) is 0 Å². The number of hydrogen-bond donors (Lipinski definition) is 1. The van der Waals surface area contributed by atoms with E-state index in [-0.39, 0.29) is 6.42 Å². The predicted molar refractivity (Wildman–Crippen MR) is 89.3 cm³/mol. The summed E-state index contributed by atoms with van der Waals surface area (Å²) in [6.45, 7) is 0. The molecule has 0 aliphatic carbocycles. The van der Waals surface area contributed by atoms with E-state index >= 15 is 0 Å². The summed E-state index contributed by atoms with van der Waals surface area (Å²) >= 11 is 11.7. The highest BCUT2D eigenvalue weighted by Crippen LogP contribution is 2.21. The van der Waals surface area contributed by atoms with E-state index in [4.69, 9.17) is 28.5 Å². The highest BCUT2D eigenvalue weighted by Gasteiger charge is 2.26. The van der Waals surface area contributed by atoms with Gasteiger partial charge in [0.15, 0.2) is 11.7 Å². The number of nitriles is 1. The number of nitrogens with one attached hydrogen (secondary N) is 1. The molecule has 116 valence electrons. The van der Waals surface area contributed by atoms with E-state index in [0.29, 0.717) is 21.3 Å². The Morgan fingerprint density at radius 2 is 1.74 bits per heavy atom. The molecule has 1 N–H and O–H groups in total. The molecular weight excluding hydrogens is 335 g/mol. The lowest BCUT2D eigenvalue weighted by molar-refractivity contribution is -0.128. The van der Waals surface area contributed by atoms with Crippen molar-refractivity contribution in [2.75, 3.05) is 5.32 Å². The molecule has 1 amide bonds. The number of carbonyl (C=O) groups excluding carboxylic acids is 2. The molecule has 1 unspecified atom stereocenters. The van der Waals surface area contributed by atoms with Gasteiger partial charge in [0.2, 0.25) is 5.91 Å².